The van der Waals surface area contributed by atoms with Crippen molar-refractivity contribution in [1.29, 1.82) is 0 Å². The van der Waals surface area contributed by atoms with E-state index in [4.69, 9.17) is 0 Å². The van der Waals surface area contributed by atoms with Gasteiger partial charge < -0.3 is 4.57 Å². The number of hydrogen-bond donors (Lipinski definition) is 0. The van der Waals surface area contributed by atoms with Crippen molar-refractivity contribution in [2.45, 2.75) is 13.5 Å². The Morgan fingerprint density at radius 2 is 2.33 bits per heavy atom. The summed E-state index contributed by atoms with van der Waals surface area (Å²) in [5.74, 6) is 6.06. The summed E-state index contributed by atoms with van der Waals surface area (Å²) in [6.45, 7) is 2.61. The van der Waals surface area contributed by atoms with Crippen LogP contribution in [0.2, 0.25) is 0 Å². The van der Waals surface area contributed by atoms with Crippen molar-refractivity contribution >= 4 is 0 Å². The van der Waals surface area contributed by atoms with Gasteiger partial charge in [-0.15, -0.1) is 0 Å². The van der Waals surface area contributed by atoms with E-state index in [9.17, 15) is 0 Å². The highest BCUT2D eigenvalue weighted by Gasteiger charge is 1.88. The number of rotatable bonds is 1. The molecule has 0 aliphatic heterocycles. The van der Waals surface area contributed by atoms with Crippen LogP contribution in [0, 0.1) is 18.8 Å². The largest absolute Gasteiger partial charge is 0.326 e. The van der Waals surface area contributed by atoms with Crippen molar-refractivity contribution < 1.29 is 0 Å². The Kier molecular flexibility index (Phi) is 2.80. The van der Waals surface area contributed by atoms with Gasteiger partial charge in [-0.1, -0.05) is 12.0 Å². The van der Waals surface area contributed by atoms with Crippen LogP contribution in [0.15, 0.2) is 36.9 Å². The Hall–Kier alpha value is -2.08. The maximum absolute atomic E-state index is 4.29. The molecule has 74 valence electrons. The van der Waals surface area contributed by atoms with Gasteiger partial charge in [-0.25, -0.2) is 9.97 Å². The summed E-state index contributed by atoms with van der Waals surface area (Å²) in [5.41, 5.74) is 1.81. The molecule has 0 N–H and O–H groups in total. The maximum Gasteiger partial charge on any atom is 0.113 e. The fraction of sp³-hybridized carbons (Fsp3) is 0.167. The first-order valence-corrected chi connectivity index (χ1v) is 4.73. The minimum atomic E-state index is 0.648. The maximum atomic E-state index is 4.29. The molecule has 0 saturated heterocycles. The highest BCUT2D eigenvalue weighted by Crippen LogP contribution is 1.95. The fourth-order valence-electron chi connectivity index (χ4n) is 1.21. The van der Waals surface area contributed by atoms with Gasteiger partial charge in [0.2, 0.25) is 0 Å². The van der Waals surface area contributed by atoms with Crippen molar-refractivity contribution in [3.05, 3.63) is 48.3 Å². The highest BCUT2D eigenvalue weighted by molar-refractivity contribution is 5.28. The number of hydrogen-bond acceptors (Lipinski definition) is 2. The average molecular weight is 197 g/mol. The van der Waals surface area contributed by atoms with Crippen molar-refractivity contribution in [3.63, 3.8) is 0 Å². The molecule has 0 bridgehead atoms. The molecular formula is C12H11N3. The zero-order valence-corrected chi connectivity index (χ0v) is 8.51. The van der Waals surface area contributed by atoms with Crippen molar-refractivity contribution in [1.82, 2.24) is 14.5 Å². The van der Waals surface area contributed by atoms with Crippen LogP contribution in [0.1, 0.15) is 11.4 Å². The minimum absolute atomic E-state index is 0.648. The molecule has 2 aromatic heterocycles. The molecule has 0 amide bonds. The number of aromatic nitrogens is 3. The number of imidazole rings is 1. The van der Waals surface area contributed by atoms with Crippen molar-refractivity contribution in [2.75, 3.05) is 0 Å². The number of nitrogens with zero attached hydrogens (tertiary/aromatic N) is 3. The molecule has 3 heteroatoms. The highest BCUT2D eigenvalue weighted by atomic mass is 15.0. The van der Waals surface area contributed by atoms with Crippen molar-refractivity contribution in [3.8, 4) is 11.8 Å². The Balaban J connectivity index is 2.06. The third-order valence-corrected chi connectivity index (χ3v) is 1.93. The molecule has 0 fully saturated rings. The molecule has 0 spiro atoms. The van der Waals surface area contributed by atoms with E-state index >= 15 is 0 Å². The van der Waals surface area contributed by atoms with Crippen LogP contribution in [-0.2, 0) is 6.54 Å². The second kappa shape index (κ2) is 4.43. The van der Waals surface area contributed by atoms with Gasteiger partial charge in [0.15, 0.2) is 0 Å². The normalized spacial score (nSPS) is 9.40. The van der Waals surface area contributed by atoms with E-state index in [0.29, 0.717) is 6.54 Å². The SMILES string of the molecule is Cc1cccc(C#CCn2ccnc2)n1. The summed E-state index contributed by atoms with van der Waals surface area (Å²) in [7, 11) is 0. The molecule has 0 unspecified atom stereocenters. The zero-order valence-electron chi connectivity index (χ0n) is 8.51. The van der Waals surface area contributed by atoms with E-state index < -0.39 is 0 Å². The van der Waals surface area contributed by atoms with Gasteiger partial charge in [0.25, 0.3) is 0 Å². The van der Waals surface area contributed by atoms with E-state index in [1.807, 2.05) is 35.9 Å². The van der Waals surface area contributed by atoms with Crippen LogP contribution in [0.3, 0.4) is 0 Å². The minimum Gasteiger partial charge on any atom is -0.326 e. The van der Waals surface area contributed by atoms with Gasteiger partial charge in [-0.05, 0) is 25.0 Å². The molecule has 2 heterocycles. The molecular weight excluding hydrogens is 186 g/mol. The van der Waals surface area contributed by atoms with Gasteiger partial charge in [-0.2, -0.15) is 0 Å². The number of aryl methyl sites for hydroxylation is 1. The standard InChI is InChI=1S/C12H11N3/c1-11-4-2-5-12(14-11)6-3-8-15-9-7-13-10-15/h2,4-5,7,9-10H,8H2,1H3. The quantitative estimate of drug-likeness (QED) is 0.651. The van der Waals surface area contributed by atoms with Gasteiger partial charge in [0.1, 0.15) is 5.69 Å². The van der Waals surface area contributed by atoms with E-state index in [0.717, 1.165) is 11.4 Å². The average Bonchev–Trinajstić information content (AvgIpc) is 2.71. The van der Waals surface area contributed by atoms with E-state index in [-0.39, 0.29) is 0 Å². The molecule has 2 aromatic rings. The van der Waals surface area contributed by atoms with E-state index in [1.165, 1.54) is 0 Å². The van der Waals surface area contributed by atoms with Gasteiger partial charge in [-0.3, -0.25) is 0 Å². The van der Waals surface area contributed by atoms with Crippen LogP contribution in [-0.4, -0.2) is 14.5 Å². The fourth-order valence-corrected chi connectivity index (χ4v) is 1.21. The predicted octanol–water partition coefficient (Wildman–Crippen LogP) is 1.64. The predicted molar refractivity (Wildman–Crippen MR) is 58.1 cm³/mol. The summed E-state index contributed by atoms with van der Waals surface area (Å²) in [6, 6.07) is 5.83. The van der Waals surface area contributed by atoms with E-state index in [2.05, 4.69) is 21.8 Å². The lowest BCUT2D eigenvalue weighted by molar-refractivity contribution is 0.839. The first-order valence-electron chi connectivity index (χ1n) is 4.73. The third kappa shape index (κ3) is 2.68. The Morgan fingerprint density at radius 1 is 1.40 bits per heavy atom. The second-order valence-electron chi connectivity index (χ2n) is 3.20. The lowest BCUT2D eigenvalue weighted by atomic mass is 10.3. The van der Waals surface area contributed by atoms with Crippen LogP contribution < -0.4 is 0 Å². The molecule has 0 aliphatic rings. The number of pyridine rings is 1. The van der Waals surface area contributed by atoms with Crippen molar-refractivity contribution in [2.24, 2.45) is 0 Å². The molecule has 0 atom stereocenters. The monoisotopic (exact) mass is 197 g/mol. The Morgan fingerprint density at radius 3 is 3.07 bits per heavy atom. The van der Waals surface area contributed by atoms with Crippen LogP contribution in [0.4, 0.5) is 0 Å². The van der Waals surface area contributed by atoms with Gasteiger partial charge >= 0.3 is 0 Å². The molecule has 2 rings (SSSR count). The molecule has 0 radical (unpaired) electrons. The summed E-state index contributed by atoms with van der Waals surface area (Å²) >= 11 is 0. The Bertz CT molecular complexity index is 489. The third-order valence-electron chi connectivity index (χ3n) is 1.93. The lowest BCUT2D eigenvalue weighted by Crippen LogP contribution is -1.91. The topological polar surface area (TPSA) is 30.7 Å². The smallest absolute Gasteiger partial charge is 0.113 e. The van der Waals surface area contributed by atoms with Crippen LogP contribution in [0.5, 0.6) is 0 Å². The molecule has 0 aromatic carbocycles. The second-order valence-corrected chi connectivity index (χ2v) is 3.20. The first-order chi connectivity index (χ1) is 7.34. The molecule has 15 heavy (non-hydrogen) atoms. The molecule has 3 nitrogen and oxygen atoms in total. The first kappa shape index (κ1) is 9.47. The summed E-state index contributed by atoms with van der Waals surface area (Å²) in [5, 5.41) is 0. The zero-order chi connectivity index (χ0) is 10.5. The summed E-state index contributed by atoms with van der Waals surface area (Å²) in [4.78, 5) is 8.24. The van der Waals surface area contributed by atoms with Gasteiger partial charge in [0.05, 0.1) is 12.9 Å². The molecule has 0 aliphatic carbocycles. The summed E-state index contributed by atoms with van der Waals surface area (Å²) < 4.78 is 1.92. The Labute approximate surface area is 88.8 Å². The molecule has 0 saturated carbocycles. The summed E-state index contributed by atoms with van der Waals surface area (Å²) in [6.07, 6.45) is 5.38. The van der Waals surface area contributed by atoms with E-state index in [1.54, 1.807) is 12.5 Å². The van der Waals surface area contributed by atoms with Crippen LogP contribution >= 0.6 is 0 Å². The van der Waals surface area contributed by atoms with Crippen LogP contribution in [0.25, 0.3) is 0 Å². The lowest BCUT2D eigenvalue weighted by Gasteiger charge is -1.92. The van der Waals surface area contributed by atoms with Gasteiger partial charge in [0, 0.05) is 18.1 Å².